The summed E-state index contributed by atoms with van der Waals surface area (Å²) in [5, 5.41) is 0. The average molecular weight is 283 g/mol. The molecule has 16 heavy (non-hydrogen) atoms. The molecule has 0 bridgehead atoms. The van der Waals surface area contributed by atoms with Gasteiger partial charge in [0.2, 0.25) is 0 Å². The topological polar surface area (TPSA) is 9.23 Å². The molecular formula is C14H19BrO. The van der Waals surface area contributed by atoms with E-state index in [1.165, 1.54) is 16.7 Å². The zero-order chi connectivity index (χ0) is 11.7. The van der Waals surface area contributed by atoms with Gasteiger partial charge in [0.15, 0.2) is 0 Å². The molecule has 2 atom stereocenters. The van der Waals surface area contributed by atoms with Crippen LogP contribution in [-0.4, -0.2) is 0 Å². The first-order valence-corrected chi connectivity index (χ1v) is 6.84. The molecule has 88 valence electrons. The van der Waals surface area contributed by atoms with E-state index >= 15 is 0 Å². The Morgan fingerprint density at radius 1 is 1.12 bits per heavy atom. The summed E-state index contributed by atoms with van der Waals surface area (Å²) >= 11 is 3.82. The number of alkyl halides is 1. The summed E-state index contributed by atoms with van der Waals surface area (Å²) in [6.07, 6.45) is 0. The van der Waals surface area contributed by atoms with Crippen molar-refractivity contribution in [2.45, 2.75) is 38.8 Å². The maximum Gasteiger partial charge on any atom is 0.0725 e. The van der Waals surface area contributed by atoms with Crippen LogP contribution >= 0.6 is 15.9 Å². The van der Waals surface area contributed by atoms with Crippen molar-refractivity contribution in [2.75, 3.05) is 0 Å². The van der Waals surface area contributed by atoms with Gasteiger partial charge in [0, 0.05) is 4.83 Å². The van der Waals surface area contributed by atoms with Gasteiger partial charge in [-0.05, 0) is 28.5 Å². The third-order valence-corrected chi connectivity index (χ3v) is 4.94. The highest BCUT2D eigenvalue weighted by atomic mass is 79.9. The van der Waals surface area contributed by atoms with E-state index in [1.807, 2.05) is 0 Å². The number of fused-ring (bicyclic) bond motifs is 1. The highest BCUT2D eigenvalue weighted by molar-refractivity contribution is 9.09. The normalized spacial score (nSPS) is 18.6. The second-order valence-corrected chi connectivity index (χ2v) is 6.01. The van der Waals surface area contributed by atoms with Crippen LogP contribution in [-0.2, 0) is 18.0 Å². The van der Waals surface area contributed by atoms with Gasteiger partial charge in [-0.25, -0.2) is 0 Å². The molecule has 0 N–H and O–H groups in total. The molecule has 1 aromatic rings. The van der Waals surface area contributed by atoms with Crippen molar-refractivity contribution in [3.8, 4) is 0 Å². The molecule has 2 rings (SSSR count). The molecule has 2 heteroatoms. The Labute approximate surface area is 106 Å². The number of rotatable bonds is 3. The largest absolute Gasteiger partial charge is 0.372 e. The second kappa shape index (κ2) is 4.89. The number of halogens is 1. The van der Waals surface area contributed by atoms with E-state index in [1.54, 1.807) is 0 Å². The predicted octanol–water partition coefficient (Wildman–Crippen LogP) is 4.44. The first-order valence-electron chi connectivity index (χ1n) is 5.93. The SMILES string of the molecule is CC(C)C(C)C(Br)c1ccc2c(c1)COC2. The number of benzene rings is 1. The monoisotopic (exact) mass is 282 g/mol. The minimum absolute atomic E-state index is 0.443. The van der Waals surface area contributed by atoms with Crippen LogP contribution in [0.4, 0.5) is 0 Å². The zero-order valence-electron chi connectivity index (χ0n) is 10.2. The van der Waals surface area contributed by atoms with Gasteiger partial charge in [-0.1, -0.05) is 54.9 Å². The molecule has 1 aliphatic heterocycles. The molecule has 0 aliphatic carbocycles. The van der Waals surface area contributed by atoms with Crippen molar-refractivity contribution in [2.24, 2.45) is 11.8 Å². The van der Waals surface area contributed by atoms with E-state index in [0.717, 1.165) is 13.2 Å². The van der Waals surface area contributed by atoms with E-state index in [-0.39, 0.29) is 0 Å². The molecule has 0 fully saturated rings. The van der Waals surface area contributed by atoms with E-state index in [9.17, 15) is 0 Å². The minimum atomic E-state index is 0.443. The van der Waals surface area contributed by atoms with Gasteiger partial charge < -0.3 is 4.74 Å². The smallest absolute Gasteiger partial charge is 0.0725 e. The summed E-state index contributed by atoms with van der Waals surface area (Å²) in [6.45, 7) is 8.40. The first kappa shape index (κ1) is 12.1. The Morgan fingerprint density at radius 2 is 1.81 bits per heavy atom. The third kappa shape index (κ3) is 2.33. The van der Waals surface area contributed by atoms with Crippen LogP contribution in [0.1, 0.15) is 42.3 Å². The predicted molar refractivity (Wildman–Crippen MR) is 70.6 cm³/mol. The van der Waals surface area contributed by atoms with Crippen molar-refractivity contribution in [1.82, 2.24) is 0 Å². The molecule has 0 amide bonds. The first-order chi connectivity index (χ1) is 7.59. The summed E-state index contributed by atoms with van der Waals surface area (Å²) in [7, 11) is 0. The molecule has 1 nitrogen and oxygen atoms in total. The maximum absolute atomic E-state index is 5.44. The Morgan fingerprint density at radius 3 is 2.50 bits per heavy atom. The molecule has 0 spiro atoms. The summed E-state index contributed by atoms with van der Waals surface area (Å²) < 4.78 is 5.44. The van der Waals surface area contributed by atoms with Gasteiger partial charge in [-0.3, -0.25) is 0 Å². The number of hydrogen-bond donors (Lipinski definition) is 0. The summed E-state index contributed by atoms with van der Waals surface area (Å²) in [5.41, 5.74) is 4.09. The van der Waals surface area contributed by atoms with Gasteiger partial charge in [-0.2, -0.15) is 0 Å². The highest BCUT2D eigenvalue weighted by Crippen LogP contribution is 2.36. The summed E-state index contributed by atoms with van der Waals surface area (Å²) in [4.78, 5) is 0.443. The molecule has 1 aromatic carbocycles. The molecule has 2 unspecified atom stereocenters. The molecule has 0 aromatic heterocycles. The molecule has 0 radical (unpaired) electrons. The lowest BCUT2D eigenvalue weighted by atomic mass is 9.90. The van der Waals surface area contributed by atoms with Crippen LogP contribution in [0.3, 0.4) is 0 Å². The average Bonchev–Trinajstić information content (AvgIpc) is 2.73. The lowest BCUT2D eigenvalue weighted by Crippen LogP contribution is -2.10. The highest BCUT2D eigenvalue weighted by Gasteiger charge is 2.21. The van der Waals surface area contributed by atoms with Crippen molar-refractivity contribution in [3.05, 3.63) is 34.9 Å². The van der Waals surface area contributed by atoms with Gasteiger partial charge in [-0.15, -0.1) is 0 Å². The van der Waals surface area contributed by atoms with Crippen LogP contribution in [0.15, 0.2) is 18.2 Å². The number of ether oxygens (including phenoxy) is 1. The van der Waals surface area contributed by atoms with Crippen LogP contribution in [0.25, 0.3) is 0 Å². The third-order valence-electron chi connectivity index (χ3n) is 3.58. The van der Waals surface area contributed by atoms with E-state index in [4.69, 9.17) is 4.74 Å². The van der Waals surface area contributed by atoms with E-state index in [2.05, 4.69) is 54.9 Å². The van der Waals surface area contributed by atoms with Crippen molar-refractivity contribution in [3.63, 3.8) is 0 Å². The van der Waals surface area contributed by atoms with Crippen LogP contribution in [0, 0.1) is 11.8 Å². The van der Waals surface area contributed by atoms with Crippen molar-refractivity contribution in [1.29, 1.82) is 0 Å². The van der Waals surface area contributed by atoms with Crippen LogP contribution in [0.5, 0.6) is 0 Å². The van der Waals surface area contributed by atoms with E-state index < -0.39 is 0 Å². The quantitative estimate of drug-likeness (QED) is 0.745. The fourth-order valence-electron chi connectivity index (χ4n) is 2.00. The van der Waals surface area contributed by atoms with Crippen molar-refractivity contribution >= 4 is 15.9 Å². The van der Waals surface area contributed by atoms with Crippen LogP contribution in [0.2, 0.25) is 0 Å². The minimum Gasteiger partial charge on any atom is -0.372 e. The maximum atomic E-state index is 5.44. The van der Waals surface area contributed by atoms with Gasteiger partial charge in [0.25, 0.3) is 0 Å². The molecule has 1 heterocycles. The Hall–Kier alpha value is -0.340. The van der Waals surface area contributed by atoms with Crippen molar-refractivity contribution < 1.29 is 4.74 Å². The number of hydrogen-bond acceptors (Lipinski definition) is 1. The summed E-state index contributed by atoms with van der Waals surface area (Å²) in [6, 6.07) is 6.73. The Bertz CT molecular complexity index is 373. The molecule has 1 aliphatic rings. The summed E-state index contributed by atoms with van der Waals surface area (Å²) in [5.74, 6) is 1.33. The molecule has 0 saturated heterocycles. The fraction of sp³-hybridized carbons (Fsp3) is 0.571. The second-order valence-electron chi connectivity index (χ2n) is 5.03. The lowest BCUT2D eigenvalue weighted by Gasteiger charge is -2.22. The standard InChI is InChI=1S/C14H19BrO/c1-9(2)10(3)14(15)11-4-5-12-7-16-8-13(12)6-11/h4-6,9-10,14H,7-8H2,1-3H3. The van der Waals surface area contributed by atoms with Gasteiger partial charge in [0.1, 0.15) is 0 Å². The fourth-order valence-corrected chi connectivity index (χ4v) is 2.90. The van der Waals surface area contributed by atoms with Crippen LogP contribution < -0.4 is 0 Å². The van der Waals surface area contributed by atoms with Gasteiger partial charge in [0.05, 0.1) is 13.2 Å². The zero-order valence-corrected chi connectivity index (χ0v) is 11.8. The van der Waals surface area contributed by atoms with Gasteiger partial charge >= 0.3 is 0 Å². The Kier molecular flexibility index (Phi) is 3.70. The molecule has 0 saturated carbocycles. The lowest BCUT2D eigenvalue weighted by molar-refractivity contribution is 0.134. The Balaban J connectivity index is 2.21. The molecular weight excluding hydrogens is 264 g/mol. The van der Waals surface area contributed by atoms with E-state index in [0.29, 0.717) is 16.7 Å².